The first-order valence-corrected chi connectivity index (χ1v) is 6.45. The fourth-order valence-corrected chi connectivity index (χ4v) is 2.40. The summed E-state index contributed by atoms with van der Waals surface area (Å²) in [6.07, 6.45) is 5.33. The second-order valence-corrected chi connectivity index (χ2v) is 4.60. The standard InChI is InChI=1S/C14H17N5/c15-12-11-16-6-4-13(12)18-7-9-19(10-8-18)14-3-1-2-5-17-14/h1-6,11H,7-10,15H2. The zero-order valence-corrected chi connectivity index (χ0v) is 10.7. The predicted octanol–water partition coefficient (Wildman–Crippen LogP) is 1.39. The van der Waals surface area contributed by atoms with Crippen LogP contribution >= 0.6 is 0 Å². The van der Waals surface area contributed by atoms with E-state index in [2.05, 4.69) is 25.8 Å². The molecule has 98 valence electrons. The van der Waals surface area contributed by atoms with Gasteiger partial charge in [-0.2, -0.15) is 0 Å². The number of rotatable bonds is 2. The smallest absolute Gasteiger partial charge is 0.128 e. The van der Waals surface area contributed by atoms with E-state index < -0.39 is 0 Å². The van der Waals surface area contributed by atoms with Crippen molar-refractivity contribution in [2.24, 2.45) is 0 Å². The molecular weight excluding hydrogens is 238 g/mol. The molecule has 19 heavy (non-hydrogen) atoms. The third kappa shape index (κ3) is 2.45. The van der Waals surface area contributed by atoms with Crippen molar-refractivity contribution in [2.45, 2.75) is 0 Å². The molecule has 0 spiro atoms. The number of nitrogens with two attached hydrogens (primary N) is 1. The van der Waals surface area contributed by atoms with E-state index in [4.69, 9.17) is 5.73 Å². The van der Waals surface area contributed by atoms with Crippen LogP contribution in [0.5, 0.6) is 0 Å². The van der Waals surface area contributed by atoms with Gasteiger partial charge in [0.15, 0.2) is 0 Å². The van der Waals surface area contributed by atoms with Crippen molar-refractivity contribution in [3.8, 4) is 0 Å². The van der Waals surface area contributed by atoms with Gasteiger partial charge < -0.3 is 15.5 Å². The average molecular weight is 255 g/mol. The van der Waals surface area contributed by atoms with Crippen LogP contribution in [0.25, 0.3) is 0 Å². The van der Waals surface area contributed by atoms with Crippen molar-refractivity contribution in [3.63, 3.8) is 0 Å². The van der Waals surface area contributed by atoms with Gasteiger partial charge in [-0.15, -0.1) is 0 Å². The molecule has 0 unspecified atom stereocenters. The highest BCUT2D eigenvalue weighted by atomic mass is 15.3. The predicted molar refractivity (Wildman–Crippen MR) is 77.3 cm³/mol. The maximum atomic E-state index is 5.97. The summed E-state index contributed by atoms with van der Waals surface area (Å²) in [6.45, 7) is 3.81. The Morgan fingerprint density at radius 1 is 0.947 bits per heavy atom. The van der Waals surface area contributed by atoms with E-state index >= 15 is 0 Å². The maximum Gasteiger partial charge on any atom is 0.128 e. The Labute approximate surface area is 112 Å². The normalized spacial score (nSPS) is 15.6. The van der Waals surface area contributed by atoms with Crippen LogP contribution in [0, 0.1) is 0 Å². The number of pyridine rings is 2. The molecule has 0 aromatic carbocycles. The van der Waals surface area contributed by atoms with Gasteiger partial charge in [0.05, 0.1) is 17.6 Å². The highest BCUT2D eigenvalue weighted by molar-refractivity contribution is 5.66. The van der Waals surface area contributed by atoms with E-state index in [1.165, 1.54) is 0 Å². The van der Waals surface area contributed by atoms with Gasteiger partial charge in [0.2, 0.25) is 0 Å². The Kier molecular flexibility index (Phi) is 3.18. The van der Waals surface area contributed by atoms with E-state index in [0.29, 0.717) is 0 Å². The topological polar surface area (TPSA) is 58.3 Å². The van der Waals surface area contributed by atoms with E-state index in [1.807, 2.05) is 24.4 Å². The molecule has 3 heterocycles. The second-order valence-electron chi connectivity index (χ2n) is 4.60. The van der Waals surface area contributed by atoms with Gasteiger partial charge in [0.1, 0.15) is 5.82 Å². The summed E-state index contributed by atoms with van der Waals surface area (Å²) < 4.78 is 0. The van der Waals surface area contributed by atoms with Gasteiger partial charge in [-0.25, -0.2) is 4.98 Å². The van der Waals surface area contributed by atoms with Crippen LogP contribution in [0.1, 0.15) is 0 Å². The molecule has 0 saturated carbocycles. The Morgan fingerprint density at radius 2 is 1.74 bits per heavy atom. The molecule has 0 bridgehead atoms. The summed E-state index contributed by atoms with van der Waals surface area (Å²) in [5.41, 5.74) is 7.79. The molecule has 1 aliphatic rings. The fraction of sp³-hybridized carbons (Fsp3) is 0.286. The zero-order chi connectivity index (χ0) is 13.1. The average Bonchev–Trinajstić information content (AvgIpc) is 2.49. The molecular formula is C14H17N5. The number of piperazine rings is 1. The van der Waals surface area contributed by atoms with Crippen molar-refractivity contribution in [1.82, 2.24) is 9.97 Å². The minimum atomic E-state index is 0.744. The molecule has 1 fully saturated rings. The van der Waals surface area contributed by atoms with E-state index in [1.54, 1.807) is 12.4 Å². The molecule has 5 heteroatoms. The van der Waals surface area contributed by atoms with Gasteiger partial charge in [-0.1, -0.05) is 6.07 Å². The Morgan fingerprint density at radius 3 is 2.42 bits per heavy atom. The first-order chi connectivity index (χ1) is 9.34. The lowest BCUT2D eigenvalue weighted by Gasteiger charge is -2.37. The molecule has 5 nitrogen and oxygen atoms in total. The zero-order valence-electron chi connectivity index (χ0n) is 10.7. The van der Waals surface area contributed by atoms with Crippen LogP contribution in [0.3, 0.4) is 0 Å². The Hall–Kier alpha value is -2.30. The Balaban J connectivity index is 1.69. The second kappa shape index (κ2) is 5.14. The maximum absolute atomic E-state index is 5.97. The van der Waals surface area contributed by atoms with Gasteiger partial charge in [-0.3, -0.25) is 4.98 Å². The van der Waals surface area contributed by atoms with Gasteiger partial charge >= 0.3 is 0 Å². The molecule has 0 atom stereocenters. The molecule has 2 N–H and O–H groups in total. The SMILES string of the molecule is Nc1cnccc1N1CCN(c2ccccn2)CC1. The van der Waals surface area contributed by atoms with Crippen molar-refractivity contribution in [1.29, 1.82) is 0 Å². The van der Waals surface area contributed by atoms with Gasteiger partial charge in [0, 0.05) is 38.6 Å². The molecule has 0 amide bonds. The van der Waals surface area contributed by atoms with Crippen molar-refractivity contribution in [2.75, 3.05) is 41.7 Å². The van der Waals surface area contributed by atoms with Crippen molar-refractivity contribution in [3.05, 3.63) is 42.9 Å². The van der Waals surface area contributed by atoms with Crippen LogP contribution in [0.2, 0.25) is 0 Å². The molecule has 3 rings (SSSR count). The van der Waals surface area contributed by atoms with Crippen molar-refractivity contribution < 1.29 is 0 Å². The van der Waals surface area contributed by atoms with Crippen LogP contribution < -0.4 is 15.5 Å². The lowest BCUT2D eigenvalue weighted by molar-refractivity contribution is 0.648. The molecule has 2 aromatic rings. The molecule has 0 radical (unpaired) electrons. The highest BCUT2D eigenvalue weighted by Crippen LogP contribution is 2.23. The number of anilines is 3. The molecule has 1 saturated heterocycles. The third-order valence-corrected chi connectivity index (χ3v) is 3.42. The highest BCUT2D eigenvalue weighted by Gasteiger charge is 2.19. The summed E-state index contributed by atoms with van der Waals surface area (Å²) in [4.78, 5) is 13.0. The van der Waals surface area contributed by atoms with E-state index in [9.17, 15) is 0 Å². The molecule has 1 aliphatic heterocycles. The lowest BCUT2D eigenvalue weighted by atomic mass is 10.2. The van der Waals surface area contributed by atoms with Gasteiger partial charge in [0.25, 0.3) is 0 Å². The van der Waals surface area contributed by atoms with Crippen LogP contribution in [0.4, 0.5) is 17.2 Å². The monoisotopic (exact) mass is 255 g/mol. The lowest BCUT2D eigenvalue weighted by Crippen LogP contribution is -2.47. The number of hydrogen-bond acceptors (Lipinski definition) is 5. The summed E-state index contributed by atoms with van der Waals surface area (Å²) in [5, 5.41) is 0. The summed E-state index contributed by atoms with van der Waals surface area (Å²) in [7, 11) is 0. The van der Waals surface area contributed by atoms with Crippen molar-refractivity contribution >= 4 is 17.2 Å². The van der Waals surface area contributed by atoms with E-state index in [0.717, 1.165) is 43.4 Å². The molecule has 0 aliphatic carbocycles. The first-order valence-electron chi connectivity index (χ1n) is 6.45. The number of nitrogen functional groups attached to an aromatic ring is 1. The fourth-order valence-electron chi connectivity index (χ4n) is 2.40. The number of hydrogen-bond donors (Lipinski definition) is 1. The summed E-state index contributed by atoms with van der Waals surface area (Å²) in [5.74, 6) is 1.05. The summed E-state index contributed by atoms with van der Waals surface area (Å²) in [6, 6.07) is 8.00. The molecule has 2 aromatic heterocycles. The minimum Gasteiger partial charge on any atom is -0.396 e. The first kappa shape index (κ1) is 11.8. The van der Waals surface area contributed by atoms with Crippen LogP contribution in [-0.2, 0) is 0 Å². The number of aromatic nitrogens is 2. The van der Waals surface area contributed by atoms with Crippen LogP contribution in [0.15, 0.2) is 42.9 Å². The number of nitrogens with zero attached hydrogens (tertiary/aromatic N) is 4. The van der Waals surface area contributed by atoms with Gasteiger partial charge in [-0.05, 0) is 18.2 Å². The third-order valence-electron chi connectivity index (χ3n) is 3.42. The summed E-state index contributed by atoms with van der Waals surface area (Å²) >= 11 is 0. The Bertz CT molecular complexity index is 535. The van der Waals surface area contributed by atoms with Crippen LogP contribution in [-0.4, -0.2) is 36.1 Å². The minimum absolute atomic E-state index is 0.744. The largest absolute Gasteiger partial charge is 0.396 e. The quantitative estimate of drug-likeness (QED) is 0.878. The van der Waals surface area contributed by atoms with E-state index in [-0.39, 0.29) is 0 Å².